The van der Waals surface area contributed by atoms with Gasteiger partial charge in [-0.2, -0.15) is 0 Å². The molecular formula is C12H14N2O7. The van der Waals surface area contributed by atoms with Gasteiger partial charge in [0.25, 0.3) is 0 Å². The molecule has 0 aliphatic rings. The molecule has 1 rings (SSSR count). The van der Waals surface area contributed by atoms with Crippen LogP contribution in [0.3, 0.4) is 0 Å². The minimum atomic E-state index is -0.928. The van der Waals surface area contributed by atoms with Crippen molar-refractivity contribution in [2.45, 2.75) is 26.4 Å². The Kier molecular flexibility index (Phi) is 4.79. The lowest BCUT2D eigenvalue weighted by molar-refractivity contribution is -0.423. The molecule has 9 heteroatoms. The van der Waals surface area contributed by atoms with Crippen molar-refractivity contribution in [3.8, 4) is 5.75 Å². The van der Waals surface area contributed by atoms with E-state index in [1.54, 1.807) is 20.8 Å². The summed E-state index contributed by atoms with van der Waals surface area (Å²) >= 11 is 0. The Morgan fingerprint density at radius 2 is 1.81 bits per heavy atom. The molecule has 0 bridgehead atoms. The van der Waals surface area contributed by atoms with Crippen LogP contribution in [0.1, 0.15) is 20.8 Å². The Labute approximate surface area is 119 Å². The molecule has 0 atom stereocenters. The van der Waals surface area contributed by atoms with Crippen LogP contribution in [0.5, 0.6) is 5.75 Å². The number of benzene rings is 1. The van der Waals surface area contributed by atoms with Gasteiger partial charge in [-0.3, -0.25) is 20.2 Å². The molecule has 0 fully saturated rings. The Bertz CT molecular complexity index is 577. The first-order valence-corrected chi connectivity index (χ1v) is 5.88. The normalized spacial score (nSPS) is 10.8. The summed E-state index contributed by atoms with van der Waals surface area (Å²) < 4.78 is 9.95. The summed E-state index contributed by atoms with van der Waals surface area (Å²) in [7, 11) is 0. The molecule has 0 heterocycles. The number of nitro benzene ring substituents is 2. The van der Waals surface area contributed by atoms with Crippen molar-refractivity contribution in [3.63, 3.8) is 0 Å². The van der Waals surface area contributed by atoms with Gasteiger partial charge in [-0.05, 0) is 26.8 Å². The summed E-state index contributed by atoms with van der Waals surface area (Å²) in [6.07, 6.45) is 0. The van der Waals surface area contributed by atoms with Crippen molar-refractivity contribution in [3.05, 3.63) is 38.4 Å². The maximum atomic E-state index is 11.5. The molecule has 0 aliphatic heterocycles. The highest BCUT2D eigenvalue weighted by atomic mass is 16.6. The first kappa shape index (κ1) is 16.3. The van der Waals surface area contributed by atoms with Gasteiger partial charge in [-0.1, -0.05) is 6.07 Å². The van der Waals surface area contributed by atoms with Crippen LogP contribution in [0.25, 0.3) is 0 Å². The molecule has 0 aromatic heterocycles. The van der Waals surface area contributed by atoms with Gasteiger partial charge >= 0.3 is 17.3 Å². The van der Waals surface area contributed by atoms with Crippen molar-refractivity contribution in [2.24, 2.45) is 0 Å². The lowest BCUT2D eigenvalue weighted by atomic mass is 10.2. The van der Waals surface area contributed by atoms with Gasteiger partial charge in [0, 0.05) is 6.07 Å². The fourth-order valence-corrected chi connectivity index (χ4v) is 1.47. The fourth-order valence-electron chi connectivity index (χ4n) is 1.47. The minimum absolute atomic E-state index is 0.361. The van der Waals surface area contributed by atoms with Crippen LogP contribution < -0.4 is 4.74 Å². The number of hydrogen-bond acceptors (Lipinski definition) is 7. The van der Waals surface area contributed by atoms with Crippen molar-refractivity contribution in [2.75, 3.05) is 6.61 Å². The molecule has 1 aromatic rings. The summed E-state index contributed by atoms with van der Waals surface area (Å²) in [5, 5.41) is 21.7. The lowest BCUT2D eigenvalue weighted by Gasteiger charge is -2.19. The number of nitro groups is 2. The first-order chi connectivity index (χ1) is 9.61. The van der Waals surface area contributed by atoms with Crippen LogP contribution >= 0.6 is 0 Å². The highest BCUT2D eigenvalue weighted by Crippen LogP contribution is 2.36. The first-order valence-electron chi connectivity index (χ1n) is 5.88. The predicted octanol–water partition coefficient (Wildman–Crippen LogP) is 2.22. The highest BCUT2D eigenvalue weighted by Gasteiger charge is 2.30. The maximum absolute atomic E-state index is 11.5. The second kappa shape index (κ2) is 6.16. The number of carbonyl (C=O) groups is 1. The molecule has 9 nitrogen and oxygen atoms in total. The average Bonchev–Trinajstić information content (AvgIpc) is 2.33. The summed E-state index contributed by atoms with van der Waals surface area (Å²) in [5.41, 5.74) is -2.23. The van der Waals surface area contributed by atoms with E-state index in [0.29, 0.717) is 0 Å². The van der Waals surface area contributed by atoms with Crippen LogP contribution in [0.4, 0.5) is 11.4 Å². The predicted molar refractivity (Wildman–Crippen MR) is 71.1 cm³/mol. The molecule has 0 N–H and O–H groups in total. The molecule has 0 saturated carbocycles. The van der Waals surface area contributed by atoms with E-state index in [9.17, 15) is 25.0 Å². The van der Waals surface area contributed by atoms with E-state index in [4.69, 9.17) is 9.47 Å². The molecule has 1 aromatic carbocycles. The summed E-state index contributed by atoms with van der Waals surface area (Å²) in [6.45, 7) is 4.38. The smallest absolute Gasteiger partial charge is 0.387 e. The second-order valence-electron chi connectivity index (χ2n) is 5.01. The average molecular weight is 298 g/mol. The van der Waals surface area contributed by atoms with Gasteiger partial charge in [0.05, 0.1) is 9.85 Å². The summed E-state index contributed by atoms with van der Waals surface area (Å²) in [4.78, 5) is 31.3. The Morgan fingerprint density at radius 1 is 1.19 bits per heavy atom. The zero-order valence-electron chi connectivity index (χ0n) is 11.7. The Balaban J connectivity index is 2.94. The van der Waals surface area contributed by atoms with Gasteiger partial charge < -0.3 is 9.47 Å². The number of rotatable bonds is 5. The van der Waals surface area contributed by atoms with Crippen molar-refractivity contribution >= 4 is 17.3 Å². The third-order valence-electron chi connectivity index (χ3n) is 2.12. The van der Waals surface area contributed by atoms with Crippen molar-refractivity contribution in [1.29, 1.82) is 0 Å². The fraction of sp³-hybridized carbons (Fsp3) is 0.417. The van der Waals surface area contributed by atoms with Gasteiger partial charge in [-0.15, -0.1) is 0 Å². The van der Waals surface area contributed by atoms with Crippen LogP contribution in [-0.4, -0.2) is 28.0 Å². The van der Waals surface area contributed by atoms with Gasteiger partial charge in [-0.25, -0.2) is 4.79 Å². The highest BCUT2D eigenvalue weighted by molar-refractivity contribution is 5.72. The number of esters is 1. The largest absolute Gasteiger partial charge is 0.475 e. The summed E-state index contributed by atoms with van der Waals surface area (Å²) in [5.74, 6) is -1.09. The second-order valence-corrected chi connectivity index (χ2v) is 5.01. The zero-order chi connectivity index (χ0) is 16.2. The Morgan fingerprint density at radius 3 is 2.29 bits per heavy atom. The van der Waals surface area contributed by atoms with Crippen LogP contribution in [0.15, 0.2) is 18.2 Å². The van der Waals surface area contributed by atoms with Gasteiger partial charge in [0.2, 0.25) is 5.75 Å². The molecule has 0 unspecified atom stereocenters. The van der Waals surface area contributed by atoms with E-state index in [1.807, 2.05) is 0 Å². The molecule has 114 valence electrons. The molecule has 0 aliphatic carbocycles. The zero-order valence-corrected chi connectivity index (χ0v) is 11.7. The topological polar surface area (TPSA) is 122 Å². The quantitative estimate of drug-likeness (QED) is 0.464. The SMILES string of the molecule is CC(C)(C)OC(=O)COc1cccc([N+](=O)[O-])c1[N+](=O)[O-]. The number of para-hydroxylation sites is 1. The number of nitrogens with zero attached hydrogens (tertiary/aromatic N) is 2. The summed E-state index contributed by atoms with van der Waals surface area (Å²) in [6, 6.07) is 3.39. The van der Waals surface area contributed by atoms with Crippen molar-refractivity contribution in [1.82, 2.24) is 0 Å². The van der Waals surface area contributed by atoms with Gasteiger partial charge in [0.15, 0.2) is 6.61 Å². The van der Waals surface area contributed by atoms with E-state index in [2.05, 4.69) is 0 Å². The number of carbonyl (C=O) groups excluding carboxylic acids is 1. The van der Waals surface area contributed by atoms with E-state index < -0.39 is 39.4 Å². The number of hydrogen-bond donors (Lipinski definition) is 0. The molecule has 0 radical (unpaired) electrons. The minimum Gasteiger partial charge on any atom is -0.475 e. The molecule has 0 saturated heterocycles. The maximum Gasteiger partial charge on any atom is 0.387 e. The third-order valence-corrected chi connectivity index (χ3v) is 2.12. The van der Waals surface area contributed by atoms with E-state index in [0.717, 1.165) is 6.07 Å². The molecular weight excluding hydrogens is 284 g/mol. The lowest BCUT2D eigenvalue weighted by Crippen LogP contribution is -2.27. The number of ether oxygens (including phenoxy) is 2. The van der Waals surface area contributed by atoms with Crippen LogP contribution in [0.2, 0.25) is 0 Å². The standard InChI is InChI=1S/C12H14N2O7/c1-12(2,3)21-10(15)7-20-9-6-4-5-8(13(16)17)11(9)14(18)19/h4-6H,7H2,1-3H3. The molecule has 21 heavy (non-hydrogen) atoms. The van der Waals surface area contributed by atoms with Crippen LogP contribution in [-0.2, 0) is 9.53 Å². The monoisotopic (exact) mass is 298 g/mol. The Hall–Kier alpha value is -2.71. The van der Waals surface area contributed by atoms with E-state index in [1.165, 1.54) is 12.1 Å². The van der Waals surface area contributed by atoms with Crippen molar-refractivity contribution < 1.29 is 24.1 Å². The van der Waals surface area contributed by atoms with E-state index >= 15 is 0 Å². The molecule has 0 spiro atoms. The molecule has 0 amide bonds. The van der Waals surface area contributed by atoms with Gasteiger partial charge in [0.1, 0.15) is 5.60 Å². The van der Waals surface area contributed by atoms with E-state index in [-0.39, 0.29) is 5.75 Å². The third kappa shape index (κ3) is 4.71. The van der Waals surface area contributed by atoms with Crippen LogP contribution in [0, 0.1) is 20.2 Å².